The quantitative estimate of drug-likeness (QED) is 0.282. The van der Waals surface area contributed by atoms with Crippen LogP contribution in [0.15, 0.2) is 122 Å². The van der Waals surface area contributed by atoms with E-state index in [-0.39, 0.29) is 0 Å². The SMILES string of the molecule is c1ccc(-c2ccc(-n3c4ccc(-c5cccnc5)cc4c4c5ccccc5ccc43)cn2)nc1. The monoisotopic (exact) mass is 448 g/mol. The minimum Gasteiger partial charge on any atom is -0.308 e. The van der Waals surface area contributed by atoms with Crippen molar-refractivity contribution >= 4 is 32.6 Å². The summed E-state index contributed by atoms with van der Waals surface area (Å²) in [4.78, 5) is 13.5. The standard InChI is InChI=1S/C31H20N4/c1-2-8-25-21(6-1)10-15-30-31(25)26-18-22(23-7-5-16-32-19-23)11-14-29(26)35(30)24-12-13-28(34-20-24)27-9-3-4-17-33-27/h1-20H. The van der Waals surface area contributed by atoms with Gasteiger partial charge in [0.2, 0.25) is 0 Å². The molecule has 0 amide bonds. The zero-order valence-corrected chi connectivity index (χ0v) is 18.8. The van der Waals surface area contributed by atoms with Gasteiger partial charge in [-0.25, -0.2) is 0 Å². The number of benzene rings is 3. The Morgan fingerprint density at radius 2 is 1.43 bits per heavy atom. The third kappa shape index (κ3) is 3.19. The predicted octanol–water partition coefficient (Wildman–Crippen LogP) is 7.46. The van der Waals surface area contributed by atoms with E-state index in [9.17, 15) is 0 Å². The summed E-state index contributed by atoms with van der Waals surface area (Å²) in [7, 11) is 0. The summed E-state index contributed by atoms with van der Waals surface area (Å²) in [6.07, 6.45) is 7.46. The van der Waals surface area contributed by atoms with Crippen molar-refractivity contribution in [2.24, 2.45) is 0 Å². The molecule has 35 heavy (non-hydrogen) atoms. The highest BCUT2D eigenvalue weighted by molar-refractivity contribution is 6.21. The van der Waals surface area contributed by atoms with Crippen LogP contribution in [0, 0.1) is 0 Å². The molecule has 0 N–H and O–H groups in total. The Labute approximate surface area is 202 Å². The molecule has 4 heterocycles. The first kappa shape index (κ1) is 19.6. The Morgan fingerprint density at radius 1 is 0.543 bits per heavy atom. The van der Waals surface area contributed by atoms with Gasteiger partial charge in [-0.05, 0) is 64.9 Å². The Morgan fingerprint density at radius 3 is 2.26 bits per heavy atom. The highest BCUT2D eigenvalue weighted by Gasteiger charge is 2.16. The first-order valence-corrected chi connectivity index (χ1v) is 11.6. The molecule has 0 atom stereocenters. The van der Waals surface area contributed by atoms with Gasteiger partial charge < -0.3 is 4.57 Å². The maximum atomic E-state index is 4.75. The van der Waals surface area contributed by atoms with E-state index in [2.05, 4.69) is 81.3 Å². The smallest absolute Gasteiger partial charge is 0.0887 e. The number of aromatic nitrogens is 4. The number of pyridine rings is 3. The van der Waals surface area contributed by atoms with Gasteiger partial charge >= 0.3 is 0 Å². The molecule has 0 aliphatic carbocycles. The van der Waals surface area contributed by atoms with Gasteiger partial charge in [-0.2, -0.15) is 0 Å². The molecule has 7 rings (SSSR count). The van der Waals surface area contributed by atoms with Crippen LogP contribution in [0.3, 0.4) is 0 Å². The summed E-state index contributed by atoms with van der Waals surface area (Å²) in [6.45, 7) is 0. The van der Waals surface area contributed by atoms with Crippen LogP contribution in [0.25, 0.3) is 60.8 Å². The van der Waals surface area contributed by atoms with E-state index >= 15 is 0 Å². The molecule has 0 radical (unpaired) electrons. The van der Waals surface area contributed by atoms with Crippen molar-refractivity contribution in [3.05, 3.63) is 122 Å². The second-order valence-corrected chi connectivity index (χ2v) is 8.61. The van der Waals surface area contributed by atoms with Gasteiger partial charge in [0.1, 0.15) is 0 Å². The van der Waals surface area contributed by atoms with Crippen LogP contribution in [-0.2, 0) is 0 Å². The van der Waals surface area contributed by atoms with Gasteiger partial charge in [-0.15, -0.1) is 0 Å². The van der Waals surface area contributed by atoms with Crippen molar-refractivity contribution < 1.29 is 0 Å². The van der Waals surface area contributed by atoms with Crippen LogP contribution in [-0.4, -0.2) is 19.5 Å². The van der Waals surface area contributed by atoms with Gasteiger partial charge in [0.05, 0.1) is 34.3 Å². The average Bonchev–Trinajstić information content (AvgIpc) is 3.28. The maximum Gasteiger partial charge on any atom is 0.0887 e. The van der Waals surface area contributed by atoms with Crippen LogP contribution in [0.2, 0.25) is 0 Å². The summed E-state index contributed by atoms with van der Waals surface area (Å²) >= 11 is 0. The maximum absolute atomic E-state index is 4.75. The van der Waals surface area contributed by atoms with E-state index in [1.807, 2.05) is 48.9 Å². The van der Waals surface area contributed by atoms with E-state index in [1.54, 1.807) is 6.20 Å². The molecule has 0 bridgehead atoms. The van der Waals surface area contributed by atoms with Crippen LogP contribution < -0.4 is 0 Å². The molecule has 4 heteroatoms. The van der Waals surface area contributed by atoms with Crippen molar-refractivity contribution in [3.63, 3.8) is 0 Å². The molecule has 7 aromatic rings. The summed E-state index contributed by atoms with van der Waals surface area (Å²) in [5.74, 6) is 0. The lowest BCUT2D eigenvalue weighted by Crippen LogP contribution is -1.96. The molecular weight excluding hydrogens is 428 g/mol. The number of hydrogen-bond acceptors (Lipinski definition) is 3. The number of hydrogen-bond donors (Lipinski definition) is 0. The first-order valence-electron chi connectivity index (χ1n) is 11.6. The summed E-state index contributed by atoms with van der Waals surface area (Å²) in [5, 5.41) is 4.94. The second kappa shape index (κ2) is 7.89. The zero-order chi connectivity index (χ0) is 23.2. The van der Waals surface area contributed by atoms with Crippen LogP contribution in [0.1, 0.15) is 0 Å². The molecule has 4 aromatic heterocycles. The Bertz CT molecular complexity index is 1820. The van der Waals surface area contributed by atoms with Crippen LogP contribution in [0.5, 0.6) is 0 Å². The number of fused-ring (bicyclic) bond motifs is 5. The topological polar surface area (TPSA) is 43.6 Å². The molecule has 3 aromatic carbocycles. The largest absolute Gasteiger partial charge is 0.308 e. The molecular formula is C31H20N4. The molecule has 164 valence electrons. The van der Waals surface area contributed by atoms with E-state index in [0.717, 1.165) is 39.2 Å². The highest BCUT2D eigenvalue weighted by Crippen LogP contribution is 2.38. The minimum absolute atomic E-state index is 0.861. The first-order chi connectivity index (χ1) is 17.4. The lowest BCUT2D eigenvalue weighted by Gasteiger charge is -2.09. The van der Waals surface area contributed by atoms with Crippen LogP contribution >= 0.6 is 0 Å². The molecule has 4 nitrogen and oxygen atoms in total. The Hall–Kier alpha value is -4.83. The lowest BCUT2D eigenvalue weighted by molar-refractivity contribution is 1.14. The van der Waals surface area contributed by atoms with Crippen molar-refractivity contribution in [2.45, 2.75) is 0 Å². The fourth-order valence-electron chi connectivity index (χ4n) is 4.97. The van der Waals surface area contributed by atoms with Gasteiger partial charge in [-0.1, -0.05) is 48.5 Å². The molecule has 0 spiro atoms. The highest BCUT2D eigenvalue weighted by atomic mass is 15.0. The van der Waals surface area contributed by atoms with Gasteiger partial charge in [-0.3, -0.25) is 15.0 Å². The third-order valence-corrected chi connectivity index (χ3v) is 6.58. The predicted molar refractivity (Wildman–Crippen MR) is 143 cm³/mol. The van der Waals surface area contributed by atoms with E-state index in [4.69, 9.17) is 4.98 Å². The molecule has 0 fully saturated rings. The van der Waals surface area contributed by atoms with E-state index in [0.29, 0.717) is 0 Å². The Balaban J connectivity index is 1.51. The van der Waals surface area contributed by atoms with Gasteiger partial charge in [0.25, 0.3) is 0 Å². The normalized spacial score (nSPS) is 11.4. The zero-order valence-electron chi connectivity index (χ0n) is 18.8. The van der Waals surface area contributed by atoms with Gasteiger partial charge in [0, 0.05) is 34.9 Å². The van der Waals surface area contributed by atoms with Gasteiger partial charge in [0.15, 0.2) is 0 Å². The molecule has 0 unspecified atom stereocenters. The Kier molecular flexibility index (Phi) is 4.42. The number of rotatable bonds is 3. The summed E-state index contributed by atoms with van der Waals surface area (Å²) in [5.41, 5.74) is 7.32. The van der Waals surface area contributed by atoms with E-state index in [1.165, 1.54) is 21.5 Å². The fourth-order valence-corrected chi connectivity index (χ4v) is 4.97. The van der Waals surface area contributed by atoms with Crippen molar-refractivity contribution in [2.75, 3.05) is 0 Å². The molecule has 0 saturated carbocycles. The van der Waals surface area contributed by atoms with Crippen molar-refractivity contribution in [1.82, 2.24) is 19.5 Å². The second-order valence-electron chi connectivity index (χ2n) is 8.61. The minimum atomic E-state index is 0.861. The third-order valence-electron chi connectivity index (χ3n) is 6.58. The summed E-state index contributed by atoms with van der Waals surface area (Å²) < 4.78 is 2.30. The average molecular weight is 449 g/mol. The molecule has 0 aliphatic rings. The number of nitrogens with zero attached hydrogens (tertiary/aromatic N) is 4. The van der Waals surface area contributed by atoms with Crippen LogP contribution in [0.4, 0.5) is 0 Å². The van der Waals surface area contributed by atoms with Crippen molar-refractivity contribution in [3.8, 4) is 28.2 Å². The molecule has 0 saturated heterocycles. The van der Waals surface area contributed by atoms with Crippen molar-refractivity contribution in [1.29, 1.82) is 0 Å². The fraction of sp³-hybridized carbons (Fsp3) is 0. The summed E-state index contributed by atoms with van der Waals surface area (Å²) in [6, 6.07) is 33.8. The van der Waals surface area contributed by atoms with E-state index < -0.39 is 0 Å². The lowest BCUT2D eigenvalue weighted by atomic mass is 10.0. The molecule has 0 aliphatic heterocycles.